The maximum absolute atomic E-state index is 12.1. The molecule has 0 aliphatic carbocycles. The van der Waals surface area contributed by atoms with Crippen LogP contribution in [0.3, 0.4) is 0 Å². The molecule has 1 heterocycles. The Morgan fingerprint density at radius 2 is 2.37 bits per heavy atom. The van der Waals surface area contributed by atoms with E-state index in [1.807, 2.05) is 23.1 Å². The molecule has 1 unspecified atom stereocenters. The Balaban J connectivity index is 2.22. The SMILES string of the molecule is CCc1cc(Br)ccc1N1CC(CN=[N+]=[N-])CC1=O. The number of benzene rings is 1. The fourth-order valence-electron chi connectivity index (χ4n) is 2.39. The number of carbonyl (C=O) groups excluding carboxylic acids is 1. The van der Waals surface area contributed by atoms with Gasteiger partial charge in [-0.25, -0.2) is 0 Å². The minimum Gasteiger partial charge on any atom is -0.312 e. The van der Waals surface area contributed by atoms with Crippen LogP contribution in [0.15, 0.2) is 27.8 Å². The third-order valence-electron chi connectivity index (χ3n) is 3.32. The molecule has 100 valence electrons. The molecule has 2 rings (SSSR count). The Labute approximate surface area is 120 Å². The van der Waals surface area contributed by atoms with Gasteiger partial charge in [0.15, 0.2) is 0 Å². The number of carbonyl (C=O) groups is 1. The Kier molecular flexibility index (Phi) is 4.45. The Bertz CT molecular complexity index is 539. The second-order valence-electron chi connectivity index (χ2n) is 4.61. The van der Waals surface area contributed by atoms with Crippen LogP contribution in [-0.4, -0.2) is 19.0 Å². The van der Waals surface area contributed by atoms with E-state index >= 15 is 0 Å². The summed E-state index contributed by atoms with van der Waals surface area (Å²) in [5.74, 6) is 0.229. The Morgan fingerprint density at radius 1 is 1.58 bits per heavy atom. The fraction of sp³-hybridized carbons (Fsp3) is 0.462. The highest BCUT2D eigenvalue weighted by molar-refractivity contribution is 9.10. The Morgan fingerprint density at radius 3 is 3.05 bits per heavy atom. The number of halogens is 1. The average molecular weight is 323 g/mol. The first-order valence-corrected chi connectivity index (χ1v) is 7.04. The molecule has 0 spiro atoms. The van der Waals surface area contributed by atoms with Crippen molar-refractivity contribution in [3.8, 4) is 0 Å². The standard InChI is InChI=1S/C13H15BrN4O/c1-2-10-6-11(14)3-4-12(10)18-8-9(5-13(18)19)7-16-17-15/h3-4,6,9H,2,5,7-8H2,1H3. The van der Waals surface area contributed by atoms with Gasteiger partial charge >= 0.3 is 0 Å². The van der Waals surface area contributed by atoms with Crippen molar-refractivity contribution < 1.29 is 4.79 Å². The minimum absolute atomic E-state index is 0.107. The summed E-state index contributed by atoms with van der Waals surface area (Å²) in [4.78, 5) is 16.6. The van der Waals surface area contributed by atoms with E-state index in [1.54, 1.807) is 0 Å². The largest absolute Gasteiger partial charge is 0.312 e. The van der Waals surface area contributed by atoms with Crippen LogP contribution in [0.1, 0.15) is 18.9 Å². The lowest BCUT2D eigenvalue weighted by Gasteiger charge is -2.20. The molecule has 0 bridgehead atoms. The second-order valence-corrected chi connectivity index (χ2v) is 5.53. The van der Waals surface area contributed by atoms with E-state index in [0.717, 1.165) is 22.1 Å². The van der Waals surface area contributed by atoms with Crippen molar-refractivity contribution in [3.63, 3.8) is 0 Å². The van der Waals surface area contributed by atoms with Gasteiger partial charge in [0.25, 0.3) is 0 Å². The van der Waals surface area contributed by atoms with Gasteiger partial charge < -0.3 is 4.90 Å². The van der Waals surface area contributed by atoms with Gasteiger partial charge in [0.05, 0.1) is 0 Å². The van der Waals surface area contributed by atoms with E-state index in [4.69, 9.17) is 5.53 Å². The monoisotopic (exact) mass is 322 g/mol. The molecule has 6 heteroatoms. The molecule has 19 heavy (non-hydrogen) atoms. The van der Waals surface area contributed by atoms with Gasteiger partial charge in [-0.05, 0) is 41.6 Å². The molecule has 1 aromatic rings. The zero-order valence-electron chi connectivity index (χ0n) is 10.7. The van der Waals surface area contributed by atoms with Gasteiger partial charge in [-0.1, -0.05) is 28.0 Å². The molecule has 1 aliphatic rings. The Hall–Kier alpha value is -1.52. The van der Waals surface area contributed by atoms with Gasteiger partial charge in [-0.3, -0.25) is 4.79 Å². The number of nitrogens with zero attached hydrogens (tertiary/aromatic N) is 4. The number of hydrogen-bond acceptors (Lipinski definition) is 2. The van der Waals surface area contributed by atoms with Crippen LogP contribution in [0, 0.1) is 5.92 Å². The van der Waals surface area contributed by atoms with E-state index < -0.39 is 0 Å². The van der Waals surface area contributed by atoms with E-state index in [9.17, 15) is 4.79 Å². The summed E-state index contributed by atoms with van der Waals surface area (Å²) >= 11 is 3.45. The van der Waals surface area contributed by atoms with Crippen LogP contribution in [0.4, 0.5) is 5.69 Å². The van der Waals surface area contributed by atoms with Crippen molar-refractivity contribution in [2.45, 2.75) is 19.8 Å². The third-order valence-corrected chi connectivity index (χ3v) is 3.81. The molecule has 1 aliphatic heterocycles. The summed E-state index contributed by atoms with van der Waals surface area (Å²) < 4.78 is 1.02. The molecular weight excluding hydrogens is 308 g/mol. The van der Waals surface area contributed by atoms with Crippen molar-refractivity contribution in [3.05, 3.63) is 38.7 Å². The number of hydrogen-bond donors (Lipinski definition) is 0. The lowest BCUT2D eigenvalue weighted by molar-refractivity contribution is -0.117. The zero-order valence-corrected chi connectivity index (χ0v) is 12.3. The second kappa shape index (κ2) is 6.08. The quantitative estimate of drug-likeness (QED) is 0.473. The number of aryl methyl sites for hydroxylation is 1. The fourth-order valence-corrected chi connectivity index (χ4v) is 2.80. The summed E-state index contributed by atoms with van der Waals surface area (Å²) in [7, 11) is 0. The third kappa shape index (κ3) is 3.08. The van der Waals surface area contributed by atoms with Gasteiger partial charge in [-0.15, -0.1) is 0 Å². The molecule has 1 saturated heterocycles. The van der Waals surface area contributed by atoms with Crippen LogP contribution >= 0.6 is 15.9 Å². The van der Waals surface area contributed by atoms with Crippen LogP contribution in [-0.2, 0) is 11.2 Å². The maximum Gasteiger partial charge on any atom is 0.227 e. The molecular formula is C13H15BrN4O. The normalized spacial score (nSPS) is 18.5. The highest BCUT2D eigenvalue weighted by Gasteiger charge is 2.30. The number of rotatable bonds is 4. The number of azide groups is 1. The van der Waals surface area contributed by atoms with Crippen molar-refractivity contribution in [2.75, 3.05) is 18.0 Å². The van der Waals surface area contributed by atoms with E-state index in [-0.39, 0.29) is 11.8 Å². The highest BCUT2D eigenvalue weighted by atomic mass is 79.9. The van der Waals surface area contributed by atoms with Gasteiger partial charge in [0.1, 0.15) is 0 Å². The maximum atomic E-state index is 12.1. The summed E-state index contributed by atoms with van der Waals surface area (Å²) in [6, 6.07) is 5.96. The molecule has 5 nitrogen and oxygen atoms in total. The number of anilines is 1. The first-order chi connectivity index (χ1) is 9.15. The van der Waals surface area contributed by atoms with Crippen LogP contribution < -0.4 is 4.90 Å². The van der Waals surface area contributed by atoms with E-state index in [2.05, 4.69) is 32.9 Å². The highest BCUT2D eigenvalue weighted by Crippen LogP contribution is 2.30. The summed E-state index contributed by atoms with van der Waals surface area (Å²) in [5, 5.41) is 3.57. The summed E-state index contributed by atoms with van der Waals surface area (Å²) in [5.41, 5.74) is 10.5. The van der Waals surface area contributed by atoms with Crippen molar-refractivity contribution in [1.82, 2.24) is 0 Å². The van der Waals surface area contributed by atoms with Crippen molar-refractivity contribution >= 4 is 27.5 Å². The van der Waals surface area contributed by atoms with Gasteiger partial charge in [0, 0.05) is 34.6 Å². The predicted octanol–water partition coefficient (Wildman–Crippen LogP) is 3.67. The minimum atomic E-state index is 0.107. The summed E-state index contributed by atoms with van der Waals surface area (Å²) in [6.45, 7) is 3.09. The summed E-state index contributed by atoms with van der Waals surface area (Å²) in [6.07, 6.45) is 1.33. The van der Waals surface area contributed by atoms with Crippen LogP contribution in [0.2, 0.25) is 0 Å². The van der Waals surface area contributed by atoms with Crippen LogP contribution in [0.5, 0.6) is 0 Å². The van der Waals surface area contributed by atoms with E-state index in [1.165, 1.54) is 0 Å². The average Bonchev–Trinajstić information content (AvgIpc) is 2.77. The lowest BCUT2D eigenvalue weighted by atomic mass is 10.1. The molecule has 0 radical (unpaired) electrons. The molecule has 1 amide bonds. The van der Waals surface area contributed by atoms with Gasteiger partial charge in [0.2, 0.25) is 5.91 Å². The zero-order chi connectivity index (χ0) is 13.8. The molecule has 0 saturated carbocycles. The number of amides is 1. The smallest absolute Gasteiger partial charge is 0.227 e. The molecule has 1 atom stereocenters. The molecule has 0 N–H and O–H groups in total. The molecule has 1 fully saturated rings. The molecule has 1 aromatic carbocycles. The first-order valence-electron chi connectivity index (χ1n) is 6.25. The topological polar surface area (TPSA) is 69.1 Å². The lowest BCUT2D eigenvalue weighted by Crippen LogP contribution is -2.25. The molecule has 0 aromatic heterocycles. The first kappa shape index (κ1) is 13.9. The van der Waals surface area contributed by atoms with Gasteiger partial charge in [-0.2, -0.15) is 0 Å². The van der Waals surface area contributed by atoms with E-state index in [0.29, 0.717) is 19.5 Å². The van der Waals surface area contributed by atoms with Crippen molar-refractivity contribution in [1.29, 1.82) is 0 Å². The predicted molar refractivity (Wildman–Crippen MR) is 78.0 cm³/mol. The van der Waals surface area contributed by atoms with Crippen LogP contribution in [0.25, 0.3) is 10.4 Å². The van der Waals surface area contributed by atoms with Crippen molar-refractivity contribution in [2.24, 2.45) is 11.0 Å².